The van der Waals surface area contributed by atoms with E-state index in [1.54, 1.807) is 0 Å². The zero-order valence-corrected chi connectivity index (χ0v) is 14.7. The van der Waals surface area contributed by atoms with E-state index in [4.69, 9.17) is 0 Å². The summed E-state index contributed by atoms with van der Waals surface area (Å²) in [5.74, 6) is 0. The number of benzene rings is 1. The summed E-state index contributed by atoms with van der Waals surface area (Å²) in [4.78, 5) is 0. The summed E-state index contributed by atoms with van der Waals surface area (Å²) in [6.45, 7) is 5.64. The van der Waals surface area contributed by atoms with Gasteiger partial charge in [-0.3, -0.25) is 0 Å². The highest BCUT2D eigenvalue weighted by Crippen LogP contribution is 2.22. The molecular weight excluding hydrogens is 310 g/mol. The lowest BCUT2D eigenvalue weighted by Gasteiger charge is -2.15. The Hall–Kier alpha value is -0.340. The monoisotopic (exact) mass is 339 g/mol. The number of rotatable bonds is 11. The third-order valence-electron chi connectivity index (χ3n) is 3.85. The van der Waals surface area contributed by atoms with E-state index in [9.17, 15) is 0 Å². The molecule has 1 atom stereocenters. The topological polar surface area (TPSA) is 12.0 Å². The van der Waals surface area contributed by atoms with Crippen LogP contribution in [0.1, 0.15) is 76.8 Å². The molecule has 1 nitrogen and oxygen atoms in total. The summed E-state index contributed by atoms with van der Waals surface area (Å²) in [6, 6.07) is 8.90. The fourth-order valence-electron chi connectivity index (χ4n) is 2.51. The van der Waals surface area contributed by atoms with Gasteiger partial charge in [-0.2, -0.15) is 0 Å². The smallest absolute Gasteiger partial charge is 0.0302 e. The first kappa shape index (κ1) is 17.7. The molecule has 2 heteroatoms. The SMILES string of the molecule is CCCCCCCCCCNC(C)c1ccccc1Br. The fraction of sp³-hybridized carbons (Fsp3) is 0.667. The molecule has 114 valence electrons. The largest absolute Gasteiger partial charge is 0.310 e. The molecule has 0 fully saturated rings. The summed E-state index contributed by atoms with van der Waals surface area (Å²) in [6.07, 6.45) is 11.1. The molecule has 1 rings (SSSR count). The Bertz CT molecular complexity index is 351. The van der Waals surface area contributed by atoms with E-state index in [1.807, 2.05) is 0 Å². The zero-order chi connectivity index (χ0) is 14.6. The first-order chi connectivity index (χ1) is 9.75. The van der Waals surface area contributed by atoms with Crippen molar-refractivity contribution in [1.29, 1.82) is 0 Å². The molecule has 0 aliphatic heterocycles. The molecule has 0 saturated heterocycles. The van der Waals surface area contributed by atoms with E-state index >= 15 is 0 Å². The van der Waals surface area contributed by atoms with Crippen molar-refractivity contribution in [1.82, 2.24) is 5.32 Å². The second-order valence-corrected chi connectivity index (χ2v) is 6.53. The van der Waals surface area contributed by atoms with E-state index in [0.29, 0.717) is 6.04 Å². The Morgan fingerprint density at radius 3 is 2.20 bits per heavy atom. The zero-order valence-electron chi connectivity index (χ0n) is 13.1. The van der Waals surface area contributed by atoms with Gasteiger partial charge in [0.1, 0.15) is 0 Å². The van der Waals surface area contributed by atoms with Crippen LogP contribution in [0.25, 0.3) is 0 Å². The van der Waals surface area contributed by atoms with Crippen LogP contribution in [0.3, 0.4) is 0 Å². The third-order valence-corrected chi connectivity index (χ3v) is 4.57. The Kier molecular flexibility index (Phi) is 10.0. The summed E-state index contributed by atoms with van der Waals surface area (Å²) in [5, 5.41) is 3.62. The maximum absolute atomic E-state index is 3.62. The number of hydrogen-bond acceptors (Lipinski definition) is 1. The molecule has 0 saturated carbocycles. The standard InChI is InChI=1S/C18H30BrN/c1-3-4-5-6-7-8-9-12-15-20-16(2)17-13-10-11-14-18(17)19/h10-11,13-14,16,20H,3-9,12,15H2,1-2H3. The van der Waals surface area contributed by atoms with E-state index in [1.165, 1.54) is 61.4 Å². The van der Waals surface area contributed by atoms with Gasteiger partial charge >= 0.3 is 0 Å². The van der Waals surface area contributed by atoms with E-state index in [-0.39, 0.29) is 0 Å². The highest BCUT2D eigenvalue weighted by molar-refractivity contribution is 9.10. The summed E-state index contributed by atoms with van der Waals surface area (Å²) >= 11 is 3.62. The second kappa shape index (κ2) is 11.3. The van der Waals surface area contributed by atoms with Crippen molar-refractivity contribution in [2.75, 3.05) is 6.54 Å². The number of unbranched alkanes of at least 4 members (excludes halogenated alkanes) is 7. The predicted octanol–water partition coefficient (Wildman–Crippen LogP) is 6.24. The quantitative estimate of drug-likeness (QED) is 0.470. The highest BCUT2D eigenvalue weighted by atomic mass is 79.9. The lowest BCUT2D eigenvalue weighted by molar-refractivity contribution is 0.521. The van der Waals surface area contributed by atoms with Crippen molar-refractivity contribution >= 4 is 15.9 Å². The van der Waals surface area contributed by atoms with Crippen molar-refractivity contribution in [2.24, 2.45) is 0 Å². The van der Waals surface area contributed by atoms with Gasteiger partial charge in [0.2, 0.25) is 0 Å². The molecule has 0 heterocycles. The van der Waals surface area contributed by atoms with Crippen LogP contribution < -0.4 is 5.32 Å². The van der Waals surface area contributed by atoms with Crippen LogP contribution in [0.15, 0.2) is 28.7 Å². The van der Waals surface area contributed by atoms with Gasteiger partial charge in [-0.15, -0.1) is 0 Å². The van der Waals surface area contributed by atoms with Gasteiger partial charge in [-0.1, -0.05) is 86.0 Å². The predicted molar refractivity (Wildman–Crippen MR) is 93.2 cm³/mol. The molecule has 0 radical (unpaired) electrons. The highest BCUT2D eigenvalue weighted by Gasteiger charge is 2.07. The van der Waals surface area contributed by atoms with Crippen LogP contribution in [-0.4, -0.2) is 6.54 Å². The van der Waals surface area contributed by atoms with Gasteiger partial charge < -0.3 is 5.32 Å². The van der Waals surface area contributed by atoms with Crippen LogP contribution >= 0.6 is 15.9 Å². The van der Waals surface area contributed by atoms with Crippen molar-refractivity contribution in [2.45, 2.75) is 71.3 Å². The van der Waals surface area contributed by atoms with Crippen LogP contribution in [-0.2, 0) is 0 Å². The molecule has 0 spiro atoms. The van der Waals surface area contributed by atoms with Crippen molar-refractivity contribution in [3.05, 3.63) is 34.3 Å². The third kappa shape index (κ3) is 7.44. The van der Waals surface area contributed by atoms with Crippen molar-refractivity contribution < 1.29 is 0 Å². The summed E-state index contributed by atoms with van der Waals surface area (Å²) < 4.78 is 1.20. The number of hydrogen-bond donors (Lipinski definition) is 1. The van der Waals surface area contributed by atoms with Gasteiger partial charge in [0.15, 0.2) is 0 Å². The van der Waals surface area contributed by atoms with E-state index < -0.39 is 0 Å². The molecule has 0 aliphatic rings. The Labute approximate surface area is 133 Å². The van der Waals surface area contributed by atoms with Crippen LogP contribution in [0.4, 0.5) is 0 Å². The van der Waals surface area contributed by atoms with Crippen LogP contribution in [0.2, 0.25) is 0 Å². The maximum atomic E-state index is 3.62. The van der Waals surface area contributed by atoms with Gasteiger partial charge in [0.05, 0.1) is 0 Å². The van der Waals surface area contributed by atoms with E-state index in [0.717, 1.165) is 6.54 Å². The lowest BCUT2D eigenvalue weighted by atomic mass is 10.1. The average Bonchev–Trinajstić information content (AvgIpc) is 2.46. The lowest BCUT2D eigenvalue weighted by Crippen LogP contribution is -2.20. The molecule has 1 N–H and O–H groups in total. The Balaban J connectivity index is 2.03. The fourth-order valence-corrected chi connectivity index (χ4v) is 3.14. The minimum absolute atomic E-state index is 0.426. The number of halogens is 1. The first-order valence-electron chi connectivity index (χ1n) is 8.23. The molecular formula is C18H30BrN. The van der Waals surface area contributed by atoms with Gasteiger partial charge in [0.25, 0.3) is 0 Å². The van der Waals surface area contributed by atoms with Crippen LogP contribution in [0, 0.1) is 0 Å². The minimum Gasteiger partial charge on any atom is -0.310 e. The molecule has 0 aliphatic carbocycles. The first-order valence-corrected chi connectivity index (χ1v) is 9.02. The van der Waals surface area contributed by atoms with Crippen molar-refractivity contribution in [3.8, 4) is 0 Å². The minimum atomic E-state index is 0.426. The van der Waals surface area contributed by atoms with Gasteiger partial charge in [-0.05, 0) is 31.5 Å². The number of nitrogens with one attached hydrogen (secondary N) is 1. The van der Waals surface area contributed by atoms with Gasteiger partial charge in [-0.25, -0.2) is 0 Å². The van der Waals surface area contributed by atoms with Crippen LogP contribution in [0.5, 0.6) is 0 Å². The van der Waals surface area contributed by atoms with Gasteiger partial charge in [0, 0.05) is 10.5 Å². The molecule has 1 unspecified atom stereocenters. The maximum Gasteiger partial charge on any atom is 0.0302 e. The van der Waals surface area contributed by atoms with Crippen molar-refractivity contribution in [3.63, 3.8) is 0 Å². The second-order valence-electron chi connectivity index (χ2n) is 5.67. The van der Waals surface area contributed by atoms with E-state index in [2.05, 4.69) is 59.4 Å². The summed E-state index contributed by atoms with van der Waals surface area (Å²) in [5.41, 5.74) is 1.35. The molecule has 1 aromatic rings. The Morgan fingerprint density at radius 1 is 0.950 bits per heavy atom. The normalized spacial score (nSPS) is 12.6. The average molecular weight is 340 g/mol. The molecule has 0 aromatic heterocycles. The molecule has 0 bridgehead atoms. The molecule has 1 aromatic carbocycles. The molecule has 20 heavy (non-hydrogen) atoms. The summed E-state index contributed by atoms with van der Waals surface area (Å²) in [7, 11) is 0. The Morgan fingerprint density at radius 2 is 1.55 bits per heavy atom. The molecule has 0 amide bonds.